The van der Waals surface area contributed by atoms with E-state index in [1.54, 1.807) is 45.0 Å². The summed E-state index contributed by atoms with van der Waals surface area (Å²) in [7, 11) is 0. The minimum absolute atomic E-state index is 0.0929. The van der Waals surface area contributed by atoms with Crippen LogP contribution < -0.4 is 5.43 Å². The van der Waals surface area contributed by atoms with Crippen LogP contribution in [0.4, 0.5) is 0 Å². The molecular formula is C25H24ClN3O6. The number of aryl methyl sites for hydroxylation is 1. The van der Waals surface area contributed by atoms with E-state index in [-0.39, 0.29) is 17.9 Å². The number of H-pyrrole nitrogens is 1. The predicted molar refractivity (Wildman–Crippen MR) is 127 cm³/mol. The highest BCUT2D eigenvalue weighted by molar-refractivity contribution is 6.30. The number of carbonyl (C=O) groups is 3. The van der Waals surface area contributed by atoms with Crippen LogP contribution in [0.5, 0.6) is 0 Å². The maximum Gasteiger partial charge on any atom is 0.355 e. The number of hydrogen-bond donors (Lipinski definition) is 2. The van der Waals surface area contributed by atoms with Gasteiger partial charge in [0.05, 0.1) is 24.1 Å². The molecule has 1 atom stereocenters. The van der Waals surface area contributed by atoms with Gasteiger partial charge in [0.1, 0.15) is 17.5 Å². The van der Waals surface area contributed by atoms with Crippen molar-refractivity contribution in [1.29, 1.82) is 0 Å². The average molecular weight is 498 g/mol. The molecule has 3 aromatic rings. The first-order valence-electron chi connectivity index (χ1n) is 10.9. The molecular weight excluding hydrogens is 474 g/mol. The average Bonchev–Trinajstić information content (AvgIpc) is 3.57. The minimum Gasteiger partial charge on any atom is -0.467 e. The Balaban J connectivity index is 1.48. The molecule has 0 saturated heterocycles. The first kappa shape index (κ1) is 24.2. The zero-order chi connectivity index (χ0) is 25.1. The van der Waals surface area contributed by atoms with Crippen LogP contribution in [0.25, 0.3) is 5.70 Å². The summed E-state index contributed by atoms with van der Waals surface area (Å²) < 4.78 is 15.8. The summed E-state index contributed by atoms with van der Waals surface area (Å²) in [5.41, 5.74) is 5.82. The fourth-order valence-corrected chi connectivity index (χ4v) is 4.00. The third-order valence-electron chi connectivity index (χ3n) is 5.55. The van der Waals surface area contributed by atoms with Gasteiger partial charge in [-0.2, -0.15) is 0 Å². The van der Waals surface area contributed by atoms with Crippen molar-refractivity contribution < 1.29 is 28.3 Å². The first-order chi connectivity index (χ1) is 16.8. The predicted octanol–water partition coefficient (Wildman–Crippen LogP) is 4.34. The van der Waals surface area contributed by atoms with Crippen molar-refractivity contribution in [2.24, 2.45) is 0 Å². The highest BCUT2D eigenvalue weighted by Crippen LogP contribution is 2.32. The van der Waals surface area contributed by atoms with Gasteiger partial charge in [-0.25, -0.2) is 14.6 Å². The summed E-state index contributed by atoms with van der Waals surface area (Å²) in [5, 5.41) is 1.93. The minimum atomic E-state index is -0.755. The Morgan fingerprint density at radius 1 is 1.09 bits per heavy atom. The molecule has 0 aliphatic carbocycles. The number of rotatable bonds is 7. The van der Waals surface area contributed by atoms with Crippen molar-refractivity contribution in [3.8, 4) is 0 Å². The van der Waals surface area contributed by atoms with Gasteiger partial charge in [-0.1, -0.05) is 23.7 Å². The second-order valence-corrected chi connectivity index (χ2v) is 8.28. The number of benzene rings is 1. The largest absolute Gasteiger partial charge is 0.467 e. The molecule has 0 unspecified atom stereocenters. The molecule has 0 spiro atoms. The maximum atomic E-state index is 13.1. The van der Waals surface area contributed by atoms with E-state index >= 15 is 0 Å². The quantitative estimate of drug-likeness (QED) is 0.467. The van der Waals surface area contributed by atoms with Gasteiger partial charge in [0.25, 0.3) is 5.91 Å². The molecule has 3 heterocycles. The second-order valence-electron chi connectivity index (χ2n) is 7.84. The zero-order valence-corrected chi connectivity index (χ0v) is 20.1. The molecule has 1 aliphatic rings. The third-order valence-corrected chi connectivity index (χ3v) is 5.80. The van der Waals surface area contributed by atoms with Crippen LogP contribution >= 0.6 is 11.6 Å². The van der Waals surface area contributed by atoms with E-state index in [1.807, 2.05) is 18.2 Å². The van der Waals surface area contributed by atoms with Crippen LogP contribution in [0.2, 0.25) is 5.02 Å². The standard InChI is InChI=1S/C25H24ClN3O6/c1-4-33-24(31)22-14(2)23(27-15(22)3)25(32)35-13-21(30)29-19(20-6-5-11-34-20)12-18(28-29)16-7-9-17(26)10-8-16/h5-12,19,27-28H,4,13H2,1-3H3/t19-/m1/s1. The summed E-state index contributed by atoms with van der Waals surface area (Å²) >= 11 is 5.99. The number of carbonyl (C=O) groups excluding carboxylic acids is 3. The highest BCUT2D eigenvalue weighted by atomic mass is 35.5. The molecule has 9 nitrogen and oxygen atoms in total. The monoisotopic (exact) mass is 497 g/mol. The van der Waals surface area contributed by atoms with E-state index in [0.717, 1.165) is 5.56 Å². The van der Waals surface area contributed by atoms with Crippen molar-refractivity contribution in [2.75, 3.05) is 13.2 Å². The Hall–Kier alpha value is -3.98. The van der Waals surface area contributed by atoms with Crippen LogP contribution in [0.1, 0.15) is 56.4 Å². The summed E-state index contributed by atoms with van der Waals surface area (Å²) in [5.74, 6) is -1.24. The fourth-order valence-electron chi connectivity index (χ4n) is 3.88. The van der Waals surface area contributed by atoms with E-state index in [9.17, 15) is 14.4 Å². The molecule has 182 valence electrons. The van der Waals surface area contributed by atoms with Gasteiger partial charge in [-0.15, -0.1) is 0 Å². The van der Waals surface area contributed by atoms with E-state index in [2.05, 4.69) is 10.4 Å². The molecule has 2 N–H and O–H groups in total. The molecule has 1 aromatic carbocycles. The Morgan fingerprint density at radius 3 is 2.49 bits per heavy atom. The van der Waals surface area contributed by atoms with Crippen molar-refractivity contribution in [1.82, 2.24) is 15.4 Å². The number of aromatic nitrogens is 1. The number of hydrazine groups is 1. The molecule has 1 amide bonds. The van der Waals surface area contributed by atoms with E-state index in [1.165, 1.54) is 11.3 Å². The Labute approximate surface area is 206 Å². The van der Waals surface area contributed by atoms with Crippen LogP contribution in [0.15, 0.2) is 53.2 Å². The fraction of sp³-hybridized carbons (Fsp3) is 0.240. The number of amides is 1. The van der Waals surface area contributed by atoms with Gasteiger partial charge >= 0.3 is 11.9 Å². The number of aromatic amines is 1. The highest BCUT2D eigenvalue weighted by Gasteiger charge is 2.33. The van der Waals surface area contributed by atoms with Gasteiger partial charge in [-0.3, -0.25) is 10.2 Å². The molecule has 2 aromatic heterocycles. The summed E-state index contributed by atoms with van der Waals surface area (Å²) in [6.45, 7) is 4.66. The van der Waals surface area contributed by atoms with Gasteiger partial charge < -0.3 is 18.9 Å². The molecule has 4 rings (SSSR count). The van der Waals surface area contributed by atoms with Crippen molar-refractivity contribution >= 4 is 35.1 Å². The molecule has 0 saturated carbocycles. The van der Waals surface area contributed by atoms with Crippen molar-refractivity contribution in [3.05, 3.63) is 87.6 Å². The molecule has 0 fully saturated rings. The van der Waals surface area contributed by atoms with Crippen molar-refractivity contribution in [3.63, 3.8) is 0 Å². The lowest BCUT2D eigenvalue weighted by Crippen LogP contribution is -2.42. The Bertz CT molecular complexity index is 1280. The summed E-state index contributed by atoms with van der Waals surface area (Å²) in [6, 6.07) is 10.1. The zero-order valence-electron chi connectivity index (χ0n) is 19.4. The number of nitrogens with zero attached hydrogens (tertiary/aromatic N) is 1. The number of halogens is 1. The first-order valence-corrected chi connectivity index (χ1v) is 11.3. The van der Waals surface area contributed by atoms with Gasteiger partial charge in [0, 0.05) is 10.7 Å². The number of furan rings is 1. The molecule has 0 bridgehead atoms. The van der Waals surface area contributed by atoms with Crippen LogP contribution in [0, 0.1) is 13.8 Å². The van der Waals surface area contributed by atoms with Gasteiger partial charge in [-0.05, 0) is 62.2 Å². The number of nitrogens with one attached hydrogen (secondary N) is 2. The normalized spacial score (nSPS) is 14.9. The lowest BCUT2D eigenvalue weighted by atomic mass is 10.1. The molecule has 0 radical (unpaired) electrons. The molecule has 1 aliphatic heterocycles. The summed E-state index contributed by atoms with van der Waals surface area (Å²) in [6.07, 6.45) is 3.36. The van der Waals surface area contributed by atoms with E-state index in [0.29, 0.717) is 27.7 Å². The second kappa shape index (κ2) is 10.1. The topological polar surface area (TPSA) is 114 Å². The Kier molecular flexibility index (Phi) is 6.97. The summed E-state index contributed by atoms with van der Waals surface area (Å²) in [4.78, 5) is 40.8. The lowest BCUT2D eigenvalue weighted by Gasteiger charge is -2.23. The van der Waals surface area contributed by atoms with Gasteiger partial charge in [0.15, 0.2) is 6.61 Å². The molecule has 35 heavy (non-hydrogen) atoms. The number of esters is 2. The van der Waals surface area contributed by atoms with E-state index in [4.69, 9.17) is 25.5 Å². The number of hydrogen-bond acceptors (Lipinski definition) is 7. The third kappa shape index (κ3) is 4.95. The van der Waals surface area contributed by atoms with Crippen LogP contribution in [-0.2, 0) is 14.3 Å². The smallest absolute Gasteiger partial charge is 0.355 e. The van der Waals surface area contributed by atoms with Crippen molar-refractivity contribution in [2.45, 2.75) is 26.8 Å². The lowest BCUT2D eigenvalue weighted by molar-refractivity contribution is -0.138. The maximum absolute atomic E-state index is 13.1. The van der Waals surface area contributed by atoms with Gasteiger partial charge in [0.2, 0.25) is 0 Å². The SMILES string of the molecule is CCOC(=O)c1c(C)[nH]c(C(=O)OCC(=O)N2NC(c3ccc(Cl)cc3)=C[C@@H]2c2ccco2)c1C. The molecule has 10 heteroatoms. The van der Waals surface area contributed by atoms with Crippen LogP contribution in [0.3, 0.4) is 0 Å². The van der Waals surface area contributed by atoms with Crippen LogP contribution in [-0.4, -0.2) is 41.1 Å². The van der Waals surface area contributed by atoms with E-state index < -0.39 is 30.5 Å². The number of ether oxygens (including phenoxy) is 2. The Morgan fingerprint density at radius 2 is 1.83 bits per heavy atom.